The third-order valence-electron chi connectivity index (χ3n) is 7.29. The lowest BCUT2D eigenvalue weighted by Crippen LogP contribution is -2.66. The molecule has 2 fully saturated rings. The van der Waals surface area contributed by atoms with Crippen LogP contribution in [0, 0.1) is 0 Å². The van der Waals surface area contributed by atoms with Crippen molar-refractivity contribution in [3.63, 3.8) is 0 Å². The van der Waals surface area contributed by atoms with E-state index in [0.29, 0.717) is 17.9 Å². The molecule has 4 aliphatic heterocycles. The summed E-state index contributed by atoms with van der Waals surface area (Å²) in [6.45, 7) is 1.32. The Hall–Kier alpha value is -2.54. The zero-order valence-corrected chi connectivity index (χ0v) is 20.5. The molecule has 2 saturated heterocycles. The van der Waals surface area contributed by atoms with E-state index in [1.165, 1.54) is 4.90 Å². The molecule has 9 nitrogen and oxygen atoms in total. The molecular formula is C23H31F2N7O2S. The molecule has 2 atom stereocenters. The highest BCUT2D eigenvalue weighted by atomic mass is 32.2. The minimum Gasteiger partial charge on any atom is -0.354 e. The Labute approximate surface area is 204 Å². The summed E-state index contributed by atoms with van der Waals surface area (Å²) >= 11 is 0. The number of nitrogens with zero attached hydrogens (tertiary/aromatic N) is 5. The number of primary sulfonamides is 1. The van der Waals surface area contributed by atoms with Crippen molar-refractivity contribution < 1.29 is 17.2 Å². The van der Waals surface area contributed by atoms with Crippen LogP contribution in [0.15, 0.2) is 60.4 Å². The highest BCUT2D eigenvalue weighted by molar-refractivity contribution is 7.90. The standard InChI is InChI=1S/C23H31F2N7O2S/c1-29-10-3-6-19(29)18-5-2-11-30(17-18)20-15-23(35(26,33)34,31-13-7-22(24,25)8-14-31)27-16-21(20)32-12-4-9-28-32/h2,4-5,9,12,15-17,19,27H,3,6-8,10-11,13-14H2,1H3,(H2,26,33,34). The van der Waals surface area contributed by atoms with Crippen molar-refractivity contribution in [2.75, 3.05) is 33.2 Å². The van der Waals surface area contributed by atoms with Crippen LogP contribution in [0.4, 0.5) is 8.78 Å². The number of likely N-dealkylation sites (tertiary alicyclic amines) is 2. The maximum Gasteiger partial charge on any atom is 0.251 e. The van der Waals surface area contributed by atoms with Crippen LogP contribution in [0.1, 0.15) is 25.7 Å². The SMILES string of the molecule is CN1CCCC1C1=CN(C2=CC(N3CCC(F)(F)CC3)(S(N)(=O)=O)NC=C2n2cccn2)CC=C1. The van der Waals surface area contributed by atoms with Crippen LogP contribution in [-0.2, 0) is 10.0 Å². The van der Waals surface area contributed by atoms with Gasteiger partial charge in [0.1, 0.15) is 5.70 Å². The van der Waals surface area contributed by atoms with Gasteiger partial charge in [0.05, 0.1) is 5.70 Å². The van der Waals surface area contributed by atoms with Crippen molar-refractivity contribution >= 4 is 15.7 Å². The number of hydrogen-bond acceptors (Lipinski definition) is 7. The van der Waals surface area contributed by atoms with E-state index < -0.39 is 33.8 Å². The van der Waals surface area contributed by atoms with Gasteiger partial charge in [0.15, 0.2) is 0 Å². The number of aromatic nitrogens is 2. The lowest BCUT2D eigenvalue weighted by molar-refractivity contribution is -0.0654. The van der Waals surface area contributed by atoms with Crippen molar-refractivity contribution in [1.29, 1.82) is 0 Å². The Kier molecular flexibility index (Phi) is 6.10. The summed E-state index contributed by atoms with van der Waals surface area (Å²) in [7, 11) is -2.18. The topological polar surface area (TPSA) is 99.7 Å². The normalized spacial score (nSPS) is 30.0. The number of hydrogen-bond donors (Lipinski definition) is 2. The predicted molar refractivity (Wildman–Crippen MR) is 129 cm³/mol. The molecular weight excluding hydrogens is 476 g/mol. The number of alkyl halides is 2. The first-order valence-electron chi connectivity index (χ1n) is 11.8. The minimum atomic E-state index is -4.28. The smallest absolute Gasteiger partial charge is 0.251 e. The molecule has 0 spiro atoms. The van der Waals surface area contributed by atoms with Crippen molar-refractivity contribution in [1.82, 2.24) is 29.8 Å². The summed E-state index contributed by atoms with van der Waals surface area (Å²) in [4.78, 5) is 3.93. The van der Waals surface area contributed by atoms with Gasteiger partial charge >= 0.3 is 0 Å². The Morgan fingerprint density at radius 1 is 1.20 bits per heavy atom. The maximum atomic E-state index is 13.9. The second kappa shape index (κ2) is 8.84. The quantitative estimate of drug-likeness (QED) is 0.626. The Morgan fingerprint density at radius 3 is 2.60 bits per heavy atom. The van der Waals surface area contributed by atoms with E-state index in [-0.39, 0.29) is 19.1 Å². The van der Waals surface area contributed by atoms with Crippen LogP contribution in [-0.4, -0.2) is 83.1 Å². The van der Waals surface area contributed by atoms with Crippen LogP contribution >= 0.6 is 0 Å². The Bertz CT molecular complexity index is 1180. The van der Waals surface area contributed by atoms with Crippen molar-refractivity contribution in [2.45, 2.75) is 42.6 Å². The van der Waals surface area contributed by atoms with Gasteiger partial charge in [-0.2, -0.15) is 5.10 Å². The zero-order valence-electron chi connectivity index (χ0n) is 19.6. The van der Waals surface area contributed by atoms with Gasteiger partial charge in [-0.25, -0.2) is 27.0 Å². The summed E-state index contributed by atoms with van der Waals surface area (Å²) in [5.74, 6) is -2.82. The molecule has 190 valence electrons. The van der Waals surface area contributed by atoms with Gasteiger partial charge in [0.2, 0.25) is 4.99 Å². The van der Waals surface area contributed by atoms with Crippen molar-refractivity contribution in [3.8, 4) is 0 Å². The number of piperidine rings is 1. The molecule has 0 saturated carbocycles. The molecule has 1 aromatic heterocycles. The number of halogens is 2. The van der Waals surface area contributed by atoms with E-state index in [2.05, 4.69) is 28.4 Å². The minimum absolute atomic E-state index is 0.112. The van der Waals surface area contributed by atoms with E-state index >= 15 is 0 Å². The fourth-order valence-electron chi connectivity index (χ4n) is 5.34. The fraction of sp³-hybridized carbons (Fsp3) is 0.522. The van der Waals surface area contributed by atoms with Gasteiger partial charge in [-0.15, -0.1) is 0 Å². The number of nitrogens with two attached hydrogens (primary N) is 1. The van der Waals surface area contributed by atoms with Crippen LogP contribution in [0.3, 0.4) is 0 Å². The van der Waals surface area contributed by atoms with Gasteiger partial charge in [0.25, 0.3) is 15.9 Å². The molecule has 3 N–H and O–H groups in total. The summed E-state index contributed by atoms with van der Waals surface area (Å²) in [5.41, 5.74) is 2.35. The second-order valence-corrected chi connectivity index (χ2v) is 11.3. The molecule has 4 aliphatic rings. The average molecular weight is 508 g/mol. The highest BCUT2D eigenvalue weighted by Gasteiger charge is 2.51. The molecule has 35 heavy (non-hydrogen) atoms. The summed E-state index contributed by atoms with van der Waals surface area (Å²) < 4.78 is 55.5. The first kappa shape index (κ1) is 24.2. The van der Waals surface area contributed by atoms with Crippen LogP contribution in [0.5, 0.6) is 0 Å². The molecule has 0 bridgehead atoms. The number of dihydropyridines is 1. The third-order valence-corrected chi connectivity index (χ3v) is 8.65. The van der Waals surface area contributed by atoms with Crippen LogP contribution < -0.4 is 10.5 Å². The molecule has 5 heterocycles. The number of sulfonamides is 1. The van der Waals surface area contributed by atoms with Crippen LogP contribution in [0.2, 0.25) is 0 Å². The monoisotopic (exact) mass is 507 g/mol. The molecule has 2 unspecified atom stereocenters. The van der Waals surface area contributed by atoms with Gasteiger partial charge in [0, 0.05) is 63.3 Å². The Morgan fingerprint density at radius 2 is 1.97 bits per heavy atom. The van der Waals surface area contributed by atoms with Crippen LogP contribution in [0.25, 0.3) is 5.70 Å². The summed E-state index contributed by atoms with van der Waals surface area (Å²) in [5, 5.41) is 13.1. The maximum absolute atomic E-state index is 13.9. The van der Waals surface area contributed by atoms with Crippen molar-refractivity contribution in [2.24, 2.45) is 5.14 Å². The second-order valence-electron chi connectivity index (χ2n) is 9.56. The van der Waals surface area contributed by atoms with Gasteiger partial charge in [-0.3, -0.25) is 9.80 Å². The van der Waals surface area contributed by atoms with E-state index in [0.717, 1.165) is 25.0 Å². The lowest BCUT2D eigenvalue weighted by atomic mass is 10.0. The van der Waals surface area contributed by atoms with Gasteiger partial charge < -0.3 is 10.2 Å². The molecule has 12 heteroatoms. The van der Waals surface area contributed by atoms with Crippen molar-refractivity contribution in [3.05, 3.63) is 60.4 Å². The largest absolute Gasteiger partial charge is 0.354 e. The molecule has 0 aromatic carbocycles. The number of rotatable bonds is 5. The number of nitrogens with one attached hydrogen (secondary N) is 1. The van der Waals surface area contributed by atoms with E-state index in [1.807, 2.05) is 17.2 Å². The third kappa shape index (κ3) is 4.44. The van der Waals surface area contributed by atoms with Gasteiger partial charge in [-0.1, -0.05) is 12.2 Å². The lowest BCUT2D eigenvalue weighted by Gasteiger charge is -2.46. The molecule has 1 aromatic rings. The Balaban J connectivity index is 1.58. The molecule has 0 amide bonds. The van der Waals surface area contributed by atoms with Gasteiger partial charge in [-0.05, 0) is 44.1 Å². The number of likely N-dealkylation sites (N-methyl/N-ethyl adjacent to an activating group) is 1. The number of allylic oxidation sites excluding steroid dienone is 1. The van der Waals surface area contributed by atoms with E-state index in [9.17, 15) is 17.2 Å². The summed E-state index contributed by atoms with van der Waals surface area (Å²) in [6, 6.07) is 2.05. The first-order chi connectivity index (χ1) is 16.6. The first-order valence-corrected chi connectivity index (χ1v) is 13.4. The fourth-order valence-corrected chi connectivity index (χ4v) is 6.38. The predicted octanol–water partition coefficient (Wildman–Crippen LogP) is 1.69. The molecule has 0 aliphatic carbocycles. The van der Waals surface area contributed by atoms with E-state index in [1.54, 1.807) is 35.4 Å². The zero-order chi connectivity index (χ0) is 24.8. The van der Waals surface area contributed by atoms with E-state index in [4.69, 9.17) is 5.14 Å². The molecule has 0 radical (unpaired) electrons. The highest BCUT2D eigenvalue weighted by Crippen LogP contribution is 2.37. The average Bonchev–Trinajstić information content (AvgIpc) is 3.50. The molecule has 5 rings (SSSR count). The summed E-state index contributed by atoms with van der Waals surface area (Å²) in [6.07, 6.45) is 14.0.